The molecule has 0 atom stereocenters. The summed E-state index contributed by atoms with van der Waals surface area (Å²) in [6.45, 7) is 1.13. The van der Waals surface area contributed by atoms with Gasteiger partial charge in [-0.3, -0.25) is 4.79 Å². The molecule has 0 aliphatic rings. The van der Waals surface area contributed by atoms with E-state index in [1.165, 1.54) is 7.11 Å². The van der Waals surface area contributed by atoms with Crippen LogP contribution in [0.15, 0.2) is 54.9 Å². The Labute approximate surface area is 187 Å². The first kappa shape index (κ1) is 22.1. The fourth-order valence-corrected chi connectivity index (χ4v) is 3.61. The van der Waals surface area contributed by atoms with Gasteiger partial charge in [-0.1, -0.05) is 18.2 Å². The van der Waals surface area contributed by atoms with Crippen LogP contribution in [0.5, 0.6) is 5.75 Å². The topological polar surface area (TPSA) is 81.1 Å². The van der Waals surface area contributed by atoms with Crippen LogP contribution in [-0.4, -0.2) is 27.6 Å². The van der Waals surface area contributed by atoms with Crippen molar-refractivity contribution in [1.82, 2.24) is 14.5 Å². The van der Waals surface area contributed by atoms with Crippen LogP contribution in [-0.2, 0) is 18.0 Å². The number of anilines is 3. The Morgan fingerprint density at radius 2 is 1.88 bits per heavy atom. The van der Waals surface area contributed by atoms with Crippen LogP contribution >= 0.6 is 0 Å². The predicted molar refractivity (Wildman–Crippen MR) is 120 cm³/mol. The molecule has 0 aliphatic heterocycles. The molecule has 0 unspecified atom stereocenters. The summed E-state index contributed by atoms with van der Waals surface area (Å²) >= 11 is 0. The number of hydrogen-bond donors (Lipinski definition) is 2. The number of alkyl halides is 3. The minimum Gasteiger partial charge on any atom is -0.495 e. The van der Waals surface area contributed by atoms with E-state index in [9.17, 15) is 18.0 Å². The Morgan fingerprint density at radius 1 is 1.12 bits per heavy atom. The van der Waals surface area contributed by atoms with Crippen molar-refractivity contribution in [3.8, 4) is 17.0 Å². The van der Waals surface area contributed by atoms with Crippen LogP contribution in [0.1, 0.15) is 12.5 Å². The summed E-state index contributed by atoms with van der Waals surface area (Å²) in [6.07, 6.45) is -1.18. The highest BCUT2D eigenvalue weighted by atomic mass is 19.4. The van der Waals surface area contributed by atoms with Crippen molar-refractivity contribution >= 4 is 34.1 Å². The summed E-state index contributed by atoms with van der Waals surface area (Å²) in [5.41, 5.74) is 1.30. The molecule has 1 amide bonds. The molecule has 2 heterocycles. The molecule has 0 spiro atoms. The predicted octanol–water partition coefficient (Wildman–Crippen LogP) is 5.36. The highest BCUT2D eigenvalue weighted by Crippen LogP contribution is 2.41. The lowest BCUT2D eigenvalue weighted by molar-refractivity contribution is -0.137. The van der Waals surface area contributed by atoms with Crippen LogP contribution in [0.3, 0.4) is 0 Å². The molecule has 33 heavy (non-hydrogen) atoms. The molecule has 0 saturated heterocycles. The van der Waals surface area contributed by atoms with Gasteiger partial charge in [0.2, 0.25) is 11.9 Å². The second kappa shape index (κ2) is 8.45. The van der Waals surface area contributed by atoms with Gasteiger partial charge in [-0.2, -0.15) is 13.2 Å². The highest BCUT2D eigenvalue weighted by molar-refractivity contribution is 5.95. The van der Waals surface area contributed by atoms with Crippen LogP contribution in [0.2, 0.25) is 0 Å². The van der Waals surface area contributed by atoms with Crippen LogP contribution in [0.4, 0.5) is 30.5 Å². The molecule has 10 heteroatoms. The molecule has 0 saturated carbocycles. The van der Waals surface area contributed by atoms with Gasteiger partial charge in [0.15, 0.2) is 0 Å². The van der Waals surface area contributed by atoms with Gasteiger partial charge < -0.3 is 19.9 Å². The minimum atomic E-state index is -4.69. The maximum absolute atomic E-state index is 13.5. The molecule has 4 rings (SSSR count). The van der Waals surface area contributed by atoms with E-state index in [0.29, 0.717) is 5.69 Å². The van der Waals surface area contributed by atoms with Gasteiger partial charge in [-0.25, -0.2) is 9.97 Å². The van der Waals surface area contributed by atoms with Gasteiger partial charge in [0.1, 0.15) is 5.75 Å². The molecule has 7 nitrogen and oxygen atoms in total. The van der Waals surface area contributed by atoms with Crippen molar-refractivity contribution in [1.29, 1.82) is 0 Å². The average Bonchev–Trinajstić information content (AvgIpc) is 3.10. The summed E-state index contributed by atoms with van der Waals surface area (Å²) in [5, 5.41) is 6.13. The van der Waals surface area contributed by atoms with Gasteiger partial charge in [0, 0.05) is 42.8 Å². The summed E-state index contributed by atoms with van der Waals surface area (Å²) in [5.74, 6) is -0.548. The maximum Gasteiger partial charge on any atom is 0.418 e. The van der Waals surface area contributed by atoms with Gasteiger partial charge in [0.05, 0.1) is 29.7 Å². The zero-order valence-corrected chi connectivity index (χ0v) is 18.0. The molecule has 170 valence electrons. The number of halogens is 3. The number of hydrogen-bond acceptors (Lipinski definition) is 5. The zero-order valence-electron chi connectivity index (χ0n) is 18.0. The molecular weight excluding hydrogens is 435 g/mol. The molecule has 0 aliphatic carbocycles. The third-order valence-electron chi connectivity index (χ3n) is 5.03. The van der Waals surface area contributed by atoms with E-state index in [4.69, 9.17) is 4.74 Å². The number of rotatable bonds is 5. The number of methoxy groups -OCH3 is 1. The van der Waals surface area contributed by atoms with Gasteiger partial charge >= 0.3 is 6.18 Å². The summed E-state index contributed by atoms with van der Waals surface area (Å²) in [6, 6.07) is 11.6. The first-order valence-electron chi connectivity index (χ1n) is 9.88. The number of benzene rings is 2. The largest absolute Gasteiger partial charge is 0.495 e. The number of ether oxygens (including phenoxy) is 1. The highest BCUT2D eigenvalue weighted by Gasteiger charge is 2.35. The van der Waals surface area contributed by atoms with Gasteiger partial charge in [0.25, 0.3) is 0 Å². The minimum absolute atomic E-state index is 0.0735. The molecule has 4 aromatic rings. The molecule has 2 aromatic heterocycles. The number of aryl methyl sites for hydroxylation is 1. The Hall–Kier alpha value is -4.08. The number of amides is 1. The van der Waals surface area contributed by atoms with Crippen molar-refractivity contribution in [3.05, 3.63) is 60.4 Å². The van der Waals surface area contributed by atoms with E-state index >= 15 is 0 Å². The number of carbonyl (C=O) groups excluding carboxylic acids is 1. The fourth-order valence-electron chi connectivity index (χ4n) is 3.61. The van der Waals surface area contributed by atoms with Crippen molar-refractivity contribution < 1.29 is 22.7 Å². The molecule has 0 fully saturated rings. The number of nitrogens with zero attached hydrogens (tertiary/aromatic N) is 3. The number of fused-ring (bicyclic) bond motifs is 1. The van der Waals surface area contributed by atoms with Gasteiger partial charge in [-0.15, -0.1) is 0 Å². The summed E-state index contributed by atoms with van der Waals surface area (Å²) in [4.78, 5) is 20.2. The normalized spacial score (nSPS) is 11.5. The number of carbonyl (C=O) groups is 1. The lowest BCUT2D eigenvalue weighted by Gasteiger charge is -2.18. The molecule has 2 aromatic carbocycles. The standard InChI is InChI=1S/C23H20F3N5O2/c1-13(32)28-18-11-19(21(33-3)10-16(18)23(24,25)26)30-22-27-9-8-17(29-22)15-12-31(2)20-7-5-4-6-14(15)20/h4-12H,1-3H3,(H,28,32)(H,27,29,30). The second-order valence-corrected chi connectivity index (χ2v) is 7.34. The third-order valence-corrected chi connectivity index (χ3v) is 5.03. The van der Waals surface area contributed by atoms with Crippen LogP contribution in [0.25, 0.3) is 22.2 Å². The Bertz CT molecular complexity index is 1350. The first-order valence-corrected chi connectivity index (χ1v) is 9.88. The molecule has 2 N–H and O–H groups in total. The van der Waals surface area contributed by atoms with Crippen LogP contribution in [0, 0.1) is 0 Å². The Kier molecular flexibility index (Phi) is 5.67. The number of aromatic nitrogens is 3. The zero-order chi connectivity index (χ0) is 23.8. The Balaban J connectivity index is 1.76. The Morgan fingerprint density at radius 3 is 2.58 bits per heavy atom. The lowest BCUT2D eigenvalue weighted by atomic mass is 10.1. The molecule has 0 bridgehead atoms. The van der Waals surface area contributed by atoms with Crippen molar-refractivity contribution in [2.24, 2.45) is 7.05 Å². The van der Waals surface area contributed by atoms with E-state index in [1.807, 2.05) is 42.1 Å². The van der Waals surface area contributed by atoms with E-state index in [0.717, 1.165) is 35.5 Å². The molecular formula is C23H20F3N5O2. The van der Waals surface area contributed by atoms with Crippen molar-refractivity contribution in [2.45, 2.75) is 13.1 Å². The third kappa shape index (κ3) is 4.45. The SMILES string of the molecule is COc1cc(C(F)(F)F)c(NC(C)=O)cc1Nc1nccc(-c2cn(C)c3ccccc23)n1. The van der Waals surface area contributed by atoms with E-state index < -0.39 is 23.3 Å². The smallest absolute Gasteiger partial charge is 0.418 e. The quantitative estimate of drug-likeness (QED) is 0.423. The monoisotopic (exact) mass is 455 g/mol. The first-order chi connectivity index (χ1) is 15.7. The lowest BCUT2D eigenvalue weighted by Crippen LogP contribution is -2.15. The van der Waals surface area contributed by atoms with Crippen LogP contribution < -0.4 is 15.4 Å². The van der Waals surface area contributed by atoms with Crippen molar-refractivity contribution in [3.63, 3.8) is 0 Å². The van der Waals surface area contributed by atoms with E-state index in [2.05, 4.69) is 20.6 Å². The van der Waals surface area contributed by atoms with E-state index in [1.54, 1.807) is 12.3 Å². The second-order valence-electron chi connectivity index (χ2n) is 7.34. The van der Waals surface area contributed by atoms with E-state index in [-0.39, 0.29) is 17.4 Å². The number of para-hydroxylation sites is 1. The fraction of sp³-hybridized carbons (Fsp3) is 0.174. The maximum atomic E-state index is 13.5. The van der Waals surface area contributed by atoms with Crippen molar-refractivity contribution in [2.75, 3.05) is 17.7 Å². The average molecular weight is 455 g/mol. The summed E-state index contributed by atoms with van der Waals surface area (Å²) in [7, 11) is 3.19. The van der Waals surface area contributed by atoms with Gasteiger partial charge in [-0.05, 0) is 24.3 Å². The molecule has 0 radical (unpaired) electrons. The number of nitrogens with one attached hydrogen (secondary N) is 2. The summed E-state index contributed by atoms with van der Waals surface area (Å²) < 4.78 is 47.6.